The van der Waals surface area contributed by atoms with Gasteiger partial charge >= 0.3 is 0 Å². The number of hydrogen-bond acceptors (Lipinski definition) is 5. The first-order valence-electron chi connectivity index (χ1n) is 11.8. The van der Waals surface area contributed by atoms with Crippen LogP contribution in [0.4, 0.5) is 5.00 Å². The fourth-order valence-electron chi connectivity index (χ4n) is 4.10. The normalized spacial score (nSPS) is 13.9. The molecule has 1 aromatic heterocycles. The minimum absolute atomic E-state index is 0.0165. The van der Waals surface area contributed by atoms with Crippen LogP contribution in [0.15, 0.2) is 66.7 Å². The first kappa shape index (κ1) is 23.5. The monoisotopic (exact) mass is 463 g/mol. The van der Waals surface area contributed by atoms with E-state index < -0.39 is 0 Å². The van der Waals surface area contributed by atoms with Gasteiger partial charge in [-0.3, -0.25) is 9.69 Å². The molecule has 0 saturated carbocycles. The Morgan fingerprint density at radius 1 is 1.06 bits per heavy atom. The molecular weight excluding hydrogens is 430 g/mol. The van der Waals surface area contributed by atoms with E-state index in [9.17, 15) is 4.79 Å². The Hall–Kier alpha value is -2.67. The second-order valence-corrected chi connectivity index (χ2v) is 9.29. The van der Waals surface area contributed by atoms with Crippen LogP contribution in [-0.2, 0) is 11.3 Å². The third-order valence-corrected chi connectivity index (χ3v) is 7.15. The van der Waals surface area contributed by atoms with Gasteiger partial charge in [-0.2, -0.15) is 0 Å². The van der Waals surface area contributed by atoms with E-state index in [2.05, 4.69) is 58.4 Å². The van der Waals surface area contributed by atoms with Gasteiger partial charge in [-0.15, -0.1) is 11.3 Å². The Morgan fingerprint density at radius 3 is 2.45 bits per heavy atom. The number of thiophene rings is 1. The van der Waals surface area contributed by atoms with Gasteiger partial charge in [0.05, 0.1) is 23.1 Å². The molecule has 0 atom stereocenters. The van der Waals surface area contributed by atoms with Crippen molar-refractivity contribution in [2.45, 2.75) is 19.9 Å². The molecule has 0 bridgehead atoms. The molecule has 2 heterocycles. The number of morpholine rings is 1. The topological polar surface area (TPSA) is 44.8 Å². The van der Waals surface area contributed by atoms with E-state index in [0.717, 1.165) is 73.4 Å². The number of carbonyl (C=O) groups excluding carboxylic acids is 1. The summed E-state index contributed by atoms with van der Waals surface area (Å²) in [6.07, 6.45) is 0.930. The summed E-state index contributed by atoms with van der Waals surface area (Å²) in [6, 6.07) is 22.9. The summed E-state index contributed by atoms with van der Waals surface area (Å²) in [5, 5.41) is 4.30. The second kappa shape index (κ2) is 12.0. The van der Waals surface area contributed by atoms with Crippen molar-refractivity contribution < 1.29 is 9.53 Å². The lowest BCUT2D eigenvalue weighted by atomic mass is 10.1. The summed E-state index contributed by atoms with van der Waals surface area (Å²) in [4.78, 5) is 18.5. The summed E-state index contributed by atoms with van der Waals surface area (Å²) in [6.45, 7) is 8.93. The van der Waals surface area contributed by atoms with E-state index in [0.29, 0.717) is 6.54 Å². The second-order valence-electron chi connectivity index (χ2n) is 8.26. The highest BCUT2D eigenvalue weighted by molar-refractivity contribution is 7.18. The number of benzene rings is 2. The summed E-state index contributed by atoms with van der Waals surface area (Å²) in [7, 11) is 0. The van der Waals surface area contributed by atoms with Gasteiger partial charge < -0.3 is 15.0 Å². The molecule has 2 aromatic carbocycles. The van der Waals surface area contributed by atoms with E-state index in [4.69, 9.17) is 4.74 Å². The first-order chi connectivity index (χ1) is 16.2. The molecule has 1 amide bonds. The molecule has 174 valence electrons. The zero-order valence-electron chi connectivity index (χ0n) is 19.3. The van der Waals surface area contributed by atoms with Gasteiger partial charge in [-0.1, -0.05) is 67.6 Å². The molecule has 4 rings (SSSR count). The molecular formula is C27H33N3O2S. The maximum absolute atomic E-state index is 13.0. The zero-order chi connectivity index (χ0) is 22.9. The Morgan fingerprint density at radius 2 is 1.76 bits per heavy atom. The molecule has 0 unspecified atom stereocenters. The van der Waals surface area contributed by atoms with Crippen LogP contribution < -0.4 is 10.2 Å². The fraction of sp³-hybridized carbons (Fsp3) is 0.370. The van der Waals surface area contributed by atoms with Crippen LogP contribution in [-0.4, -0.2) is 56.7 Å². The molecule has 0 radical (unpaired) electrons. The van der Waals surface area contributed by atoms with Crippen molar-refractivity contribution in [2.75, 3.05) is 50.8 Å². The number of rotatable bonds is 10. The average molecular weight is 464 g/mol. The van der Waals surface area contributed by atoms with Crippen LogP contribution in [0.3, 0.4) is 0 Å². The number of amides is 1. The largest absolute Gasteiger partial charge is 0.378 e. The van der Waals surface area contributed by atoms with Gasteiger partial charge in [-0.25, -0.2) is 0 Å². The average Bonchev–Trinajstić information content (AvgIpc) is 3.33. The van der Waals surface area contributed by atoms with Crippen molar-refractivity contribution in [1.82, 2.24) is 10.2 Å². The van der Waals surface area contributed by atoms with Gasteiger partial charge in [0.25, 0.3) is 5.91 Å². The van der Waals surface area contributed by atoms with Crippen LogP contribution in [0, 0.1) is 0 Å². The fourth-order valence-corrected chi connectivity index (χ4v) is 5.25. The zero-order valence-corrected chi connectivity index (χ0v) is 20.2. The third-order valence-electron chi connectivity index (χ3n) is 5.95. The van der Waals surface area contributed by atoms with Crippen LogP contribution in [0.25, 0.3) is 11.1 Å². The van der Waals surface area contributed by atoms with E-state index in [1.54, 1.807) is 11.3 Å². The van der Waals surface area contributed by atoms with Crippen molar-refractivity contribution in [3.05, 3.63) is 77.2 Å². The Balaban J connectivity index is 1.36. The number of hydrogen-bond donors (Lipinski definition) is 1. The Kier molecular flexibility index (Phi) is 8.53. The molecule has 6 heteroatoms. The number of carbonyl (C=O) groups is 1. The summed E-state index contributed by atoms with van der Waals surface area (Å²) in [5.74, 6) is 0.0165. The highest BCUT2D eigenvalue weighted by Crippen LogP contribution is 2.39. The maximum Gasteiger partial charge on any atom is 0.261 e. The third kappa shape index (κ3) is 6.44. The predicted molar refractivity (Wildman–Crippen MR) is 137 cm³/mol. The lowest BCUT2D eigenvalue weighted by Crippen LogP contribution is -2.35. The van der Waals surface area contributed by atoms with Gasteiger partial charge in [0.2, 0.25) is 0 Å². The molecule has 1 aliphatic rings. The van der Waals surface area contributed by atoms with Crippen LogP contribution in [0.1, 0.15) is 28.6 Å². The van der Waals surface area contributed by atoms with Crippen LogP contribution in [0.2, 0.25) is 0 Å². The van der Waals surface area contributed by atoms with Gasteiger partial charge in [0.15, 0.2) is 0 Å². The number of anilines is 1. The number of ether oxygens (including phenoxy) is 1. The van der Waals surface area contributed by atoms with Crippen molar-refractivity contribution in [3.63, 3.8) is 0 Å². The van der Waals surface area contributed by atoms with E-state index in [1.807, 2.05) is 30.3 Å². The molecule has 1 aliphatic heterocycles. The summed E-state index contributed by atoms with van der Waals surface area (Å²) in [5.41, 5.74) is 3.60. The van der Waals surface area contributed by atoms with Crippen LogP contribution in [0.5, 0.6) is 0 Å². The smallest absolute Gasteiger partial charge is 0.261 e. The molecule has 0 spiro atoms. The molecule has 1 fully saturated rings. The predicted octanol–water partition coefficient (Wildman–Crippen LogP) is 4.89. The SMILES string of the molecule is CCN(CCCNC(=O)c1cc(-c2ccccc2)c(N2CCOCC2)s1)Cc1ccccc1. The minimum atomic E-state index is 0.0165. The number of nitrogens with one attached hydrogen (secondary N) is 1. The van der Waals surface area contributed by atoms with Crippen molar-refractivity contribution in [1.29, 1.82) is 0 Å². The van der Waals surface area contributed by atoms with Crippen molar-refractivity contribution in [3.8, 4) is 11.1 Å². The Bertz CT molecular complexity index is 1000. The molecule has 5 nitrogen and oxygen atoms in total. The maximum atomic E-state index is 13.0. The van der Waals surface area contributed by atoms with Crippen molar-refractivity contribution in [2.24, 2.45) is 0 Å². The molecule has 0 aliphatic carbocycles. The minimum Gasteiger partial charge on any atom is -0.378 e. The number of nitrogens with zero attached hydrogens (tertiary/aromatic N) is 2. The first-order valence-corrected chi connectivity index (χ1v) is 12.6. The van der Waals surface area contributed by atoms with Crippen LogP contribution >= 0.6 is 11.3 Å². The van der Waals surface area contributed by atoms with Gasteiger partial charge in [0.1, 0.15) is 0 Å². The quantitative estimate of drug-likeness (QED) is 0.435. The van der Waals surface area contributed by atoms with E-state index >= 15 is 0 Å². The van der Waals surface area contributed by atoms with E-state index in [-0.39, 0.29) is 5.91 Å². The summed E-state index contributed by atoms with van der Waals surface area (Å²) >= 11 is 1.59. The Labute approximate surface area is 201 Å². The van der Waals surface area contributed by atoms with E-state index in [1.165, 1.54) is 5.56 Å². The van der Waals surface area contributed by atoms with Crippen molar-refractivity contribution >= 4 is 22.2 Å². The lowest BCUT2D eigenvalue weighted by molar-refractivity contribution is 0.0955. The van der Waals surface area contributed by atoms with Gasteiger partial charge in [-0.05, 0) is 30.2 Å². The standard InChI is InChI=1S/C27H33N3O2S/c1-2-29(21-22-10-5-3-6-11-22)15-9-14-28-26(31)25-20-24(23-12-7-4-8-13-23)27(33-25)30-16-18-32-19-17-30/h3-8,10-13,20H,2,9,14-19,21H2,1H3,(H,28,31). The highest BCUT2D eigenvalue weighted by Gasteiger charge is 2.21. The molecule has 33 heavy (non-hydrogen) atoms. The highest BCUT2D eigenvalue weighted by atomic mass is 32.1. The molecule has 1 N–H and O–H groups in total. The van der Waals surface area contributed by atoms with Gasteiger partial charge in [0, 0.05) is 38.3 Å². The lowest BCUT2D eigenvalue weighted by Gasteiger charge is -2.28. The summed E-state index contributed by atoms with van der Waals surface area (Å²) < 4.78 is 5.53. The molecule has 1 saturated heterocycles. The molecule has 3 aromatic rings.